The van der Waals surface area contributed by atoms with Crippen molar-refractivity contribution in [1.82, 2.24) is 9.97 Å². The van der Waals surface area contributed by atoms with Crippen LogP contribution in [0.2, 0.25) is 10.0 Å². The average molecular weight is 374 g/mol. The molecule has 0 aliphatic heterocycles. The fourth-order valence-electron chi connectivity index (χ4n) is 1.78. The Labute approximate surface area is 143 Å². The maximum atomic E-state index is 12.3. The van der Waals surface area contributed by atoms with Crippen molar-refractivity contribution >= 4 is 44.6 Å². The molecule has 1 aromatic carbocycles. The lowest BCUT2D eigenvalue weighted by Gasteiger charge is -2.08. The van der Waals surface area contributed by atoms with Crippen LogP contribution in [0.3, 0.4) is 0 Å². The number of carbonyl (C=O) groups is 1. The topological polar surface area (TPSA) is 89.0 Å². The van der Waals surface area contributed by atoms with Gasteiger partial charge in [0, 0.05) is 10.7 Å². The highest BCUT2D eigenvalue weighted by Gasteiger charge is 2.21. The van der Waals surface area contributed by atoms with E-state index in [1.807, 2.05) is 0 Å². The number of hydrogen-bond donors (Lipinski definition) is 1. The minimum Gasteiger partial charge on any atom is -0.321 e. The molecule has 0 aliphatic carbocycles. The molecule has 0 aliphatic rings. The number of sulfone groups is 1. The van der Waals surface area contributed by atoms with Gasteiger partial charge < -0.3 is 5.32 Å². The first-order chi connectivity index (χ1) is 10.8. The summed E-state index contributed by atoms with van der Waals surface area (Å²) in [6.45, 7) is 1.72. The predicted molar refractivity (Wildman–Crippen MR) is 88.8 cm³/mol. The smallest absolute Gasteiger partial charge is 0.275 e. The van der Waals surface area contributed by atoms with Gasteiger partial charge >= 0.3 is 0 Å². The lowest BCUT2D eigenvalue weighted by Crippen LogP contribution is -2.18. The Morgan fingerprint density at radius 3 is 2.70 bits per heavy atom. The van der Waals surface area contributed by atoms with Crippen LogP contribution < -0.4 is 5.32 Å². The van der Waals surface area contributed by atoms with Gasteiger partial charge in [-0.3, -0.25) is 4.79 Å². The normalized spacial score (nSPS) is 11.3. The van der Waals surface area contributed by atoms with E-state index < -0.39 is 20.9 Å². The van der Waals surface area contributed by atoms with E-state index in [4.69, 9.17) is 23.2 Å². The highest BCUT2D eigenvalue weighted by molar-refractivity contribution is 7.91. The van der Waals surface area contributed by atoms with Crippen LogP contribution in [0.4, 0.5) is 5.69 Å². The Kier molecular flexibility index (Phi) is 5.56. The largest absolute Gasteiger partial charge is 0.321 e. The molecule has 0 radical (unpaired) electrons. The van der Waals surface area contributed by atoms with E-state index in [9.17, 15) is 13.2 Å². The average Bonchev–Trinajstić information content (AvgIpc) is 2.47. The van der Waals surface area contributed by atoms with Crippen molar-refractivity contribution in [1.29, 1.82) is 0 Å². The summed E-state index contributed by atoms with van der Waals surface area (Å²) in [6.07, 6.45) is 1.52. The number of carbonyl (C=O) groups excluding carboxylic acids is 1. The van der Waals surface area contributed by atoms with E-state index in [0.29, 0.717) is 17.1 Å². The van der Waals surface area contributed by atoms with Gasteiger partial charge in [-0.2, -0.15) is 0 Å². The van der Waals surface area contributed by atoms with Crippen LogP contribution in [-0.4, -0.2) is 30.0 Å². The van der Waals surface area contributed by atoms with Gasteiger partial charge in [0.15, 0.2) is 5.69 Å². The standard InChI is InChI=1S/C14H13Cl2N3O3S/c1-2-6-23(21,22)14-17-8-11(16)12(19-14)13(20)18-10-5-3-4-9(15)7-10/h3-5,7-8H,2,6H2,1H3,(H,18,20). The van der Waals surface area contributed by atoms with E-state index in [-0.39, 0.29) is 16.5 Å². The summed E-state index contributed by atoms with van der Waals surface area (Å²) >= 11 is 11.8. The van der Waals surface area contributed by atoms with Gasteiger partial charge in [-0.15, -0.1) is 0 Å². The minimum atomic E-state index is -3.64. The van der Waals surface area contributed by atoms with E-state index in [0.717, 1.165) is 6.20 Å². The molecule has 23 heavy (non-hydrogen) atoms. The Hall–Kier alpha value is -1.70. The fraction of sp³-hybridized carbons (Fsp3) is 0.214. The van der Waals surface area contributed by atoms with Crippen LogP contribution in [0.25, 0.3) is 0 Å². The molecule has 0 spiro atoms. The van der Waals surface area contributed by atoms with E-state index in [1.165, 1.54) is 0 Å². The molecule has 6 nitrogen and oxygen atoms in total. The Morgan fingerprint density at radius 2 is 2.04 bits per heavy atom. The molecule has 122 valence electrons. The number of nitrogens with zero attached hydrogens (tertiary/aromatic N) is 2. The molecule has 9 heteroatoms. The summed E-state index contributed by atoms with van der Waals surface area (Å²) in [5.74, 6) is -0.753. The third-order valence-corrected chi connectivity index (χ3v) is 4.98. The molecule has 0 saturated carbocycles. The molecule has 0 unspecified atom stereocenters. The summed E-state index contributed by atoms with van der Waals surface area (Å²) < 4.78 is 24.0. The Balaban J connectivity index is 2.33. The second-order valence-corrected chi connectivity index (χ2v) is 7.48. The molecular formula is C14H13Cl2N3O3S. The first kappa shape index (κ1) is 17.7. The number of amides is 1. The van der Waals surface area contributed by atoms with Crippen molar-refractivity contribution in [3.63, 3.8) is 0 Å². The molecule has 0 atom stereocenters. The van der Waals surface area contributed by atoms with Crippen molar-refractivity contribution < 1.29 is 13.2 Å². The van der Waals surface area contributed by atoms with Gasteiger partial charge in [-0.25, -0.2) is 18.4 Å². The molecule has 1 heterocycles. The highest BCUT2D eigenvalue weighted by Crippen LogP contribution is 2.19. The lowest BCUT2D eigenvalue weighted by molar-refractivity contribution is 0.102. The van der Waals surface area contributed by atoms with Crippen LogP contribution in [0.5, 0.6) is 0 Å². The summed E-state index contributed by atoms with van der Waals surface area (Å²) in [6, 6.07) is 6.50. The number of nitrogens with one attached hydrogen (secondary N) is 1. The summed E-state index contributed by atoms with van der Waals surface area (Å²) in [5, 5.41) is 2.55. The van der Waals surface area contributed by atoms with E-state index in [2.05, 4.69) is 15.3 Å². The zero-order valence-electron chi connectivity index (χ0n) is 12.1. The highest BCUT2D eigenvalue weighted by atomic mass is 35.5. The second-order valence-electron chi connectivity index (χ2n) is 4.63. The van der Waals surface area contributed by atoms with Crippen LogP contribution in [0, 0.1) is 0 Å². The van der Waals surface area contributed by atoms with Gasteiger partial charge in [0.05, 0.1) is 17.0 Å². The third-order valence-electron chi connectivity index (χ3n) is 2.77. The molecule has 0 bridgehead atoms. The monoisotopic (exact) mass is 373 g/mol. The first-order valence-corrected chi connectivity index (χ1v) is 9.06. The number of hydrogen-bond acceptors (Lipinski definition) is 5. The number of halogens is 2. The molecule has 2 aromatic rings. The zero-order chi connectivity index (χ0) is 17.0. The number of benzene rings is 1. The maximum Gasteiger partial charge on any atom is 0.275 e. The minimum absolute atomic E-state index is 0.0417. The van der Waals surface area contributed by atoms with Crippen LogP contribution in [0.1, 0.15) is 23.8 Å². The first-order valence-electron chi connectivity index (χ1n) is 6.65. The quantitative estimate of drug-likeness (QED) is 0.812. The maximum absolute atomic E-state index is 12.3. The molecule has 1 amide bonds. The molecule has 0 saturated heterocycles. The number of anilines is 1. The summed E-state index contributed by atoms with van der Waals surface area (Å²) in [5.41, 5.74) is 0.228. The Bertz CT molecular complexity index is 841. The van der Waals surface area contributed by atoms with Crippen molar-refractivity contribution in [2.45, 2.75) is 18.5 Å². The van der Waals surface area contributed by atoms with E-state index in [1.54, 1.807) is 31.2 Å². The van der Waals surface area contributed by atoms with Crippen molar-refractivity contribution in [2.75, 3.05) is 11.1 Å². The second kappa shape index (κ2) is 7.25. The molecule has 0 fully saturated rings. The van der Waals surface area contributed by atoms with E-state index >= 15 is 0 Å². The van der Waals surface area contributed by atoms with Crippen molar-refractivity contribution in [3.05, 3.63) is 46.2 Å². The fourth-order valence-corrected chi connectivity index (χ4v) is 3.31. The molecule has 1 N–H and O–H groups in total. The van der Waals surface area contributed by atoms with Crippen LogP contribution in [0.15, 0.2) is 35.6 Å². The van der Waals surface area contributed by atoms with Gasteiger partial charge in [-0.1, -0.05) is 36.2 Å². The SMILES string of the molecule is CCCS(=O)(=O)c1ncc(Cl)c(C(=O)Nc2cccc(Cl)c2)n1. The van der Waals surface area contributed by atoms with Gasteiger partial charge in [0.25, 0.3) is 5.91 Å². The lowest BCUT2D eigenvalue weighted by atomic mass is 10.3. The Morgan fingerprint density at radius 1 is 1.30 bits per heavy atom. The number of rotatable bonds is 5. The van der Waals surface area contributed by atoms with Crippen molar-refractivity contribution in [2.24, 2.45) is 0 Å². The molecule has 2 rings (SSSR count). The summed E-state index contributed by atoms with van der Waals surface area (Å²) in [7, 11) is -3.64. The third kappa shape index (κ3) is 4.40. The molecule has 1 aromatic heterocycles. The predicted octanol–water partition coefficient (Wildman–Crippen LogP) is 3.22. The van der Waals surface area contributed by atoms with Crippen LogP contribution in [-0.2, 0) is 9.84 Å². The van der Waals surface area contributed by atoms with Crippen molar-refractivity contribution in [3.8, 4) is 0 Å². The van der Waals surface area contributed by atoms with Crippen LogP contribution >= 0.6 is 23.2 Å². The van der Waals surface area contributed by atoms with Gasteiger partial charge in [-0.05, 0) is 24.6 Å². The molecular weight excluding hydrogens is 361 g/mol. The van der Waals surface area contributed by atoms with Gasteiger partial charge in [0.1, 0.15) is 0 Å². The number of aromatic nitrogens is 2. The summed E-state index contributed by atoms with van der Waals surface area (Å²) in [4.78, 5) is 19.8. The zero-order valence-corrected chi connectivity index (χ0v) is 14.4. The van der Waals surface area contributed by atoms with Gasteiger partial charge in [0.2, 0.25) is 15.0 Å².